The number of aromatic nitrogens is 2. The van der Waals surface area contributed by atoms with Crippen molar-refractivity contribution in [3.63, 3.8) is 0 Å². The molecular weight excluding hydrogens is 361 g/mol. The first-order valence-corrected chi connectivity index (χ1v) is 8.88. The minimum absolute atomic E-state index is 0.160. The number of ether oxygens (including phenoxy) is 2. The van der Waals surface area contributed by atoms with Gasteiger partial charge >= 0.3 is 5.97 Å². The van der Waals surface area contributed by atoms with Crippen molar-refractivity contribution in [1.82, 2.24) is 13.6 Å². The molecule has 3 rings (SSSR count). The number of methoxy groups -OCH3 is 1. The van der Waals surface area contributed by atoms with E-state index in [9.17, 15) is 14.0 Å². The normalized spacial score (nSPS) is 14.9. The maximum absolute atomic E-state index is 13.4. The van der Waals surface area contributed by atoms with Gasteiger partial charge in [0.15, 0.2) is 6.61 Å². The summed E-state index contributed by atoms with van der Waals surface area (Å²) in [5, 5.41) is 0. The molecular formula is C17H18FN3O4S. The van der Waals surface area contributed by atoms with E-state index in [0.717, 1.165) is 11.7 Å². The Morgan fingerprint density at radius 3 is 2.77 bits per heavy atom. The summed E-state index contributed by atoms with van der Waals surface area (Å²) < 4.78 is 31.8. The summed E-state index contributed by atoms with van der Waals surface area (Å²) in [4.78, 5) is 25.5. The Bertz CT molecular complexity index is 790. The van der Waals surface area contributed by atoms with Gasteiger partial charge in [0, 0.05) is 18.7 Å². The van der Waals surface area contributed by atoms with Crippen LogP contribution in [0.2, 0.25) is 0 Å². The molecule has 1 aromatic heterocycles. The van der Waals surface area contributed by atoms with E-state index >= 15 is 0 Å². The van der Waals surface area contributed by atoms with Gasteiger partial charge in [-0.1, -0.05) is 12.1 Å². The average molecular weight is 379 g/mol. The molecule has 7 nitrogen and oxygen atoms in total. The minimum Gasteiger partial charge on any atom is -0.469 e. The molecule has 9 heteroatoms. The monoisotopic (exact) mass is 379 g/mol. The van der Waals surface area contributed by atoms with Crippen molar-refractivity contribution in [2.24, 2.45) is 5.92 Å². The maximum atomic E-state index is 13.4. The second-order valence-electron chi connectivity index (χ2n) is 5.90. The quantitative estimate of drug-likeness (QED) is 0.741. The third-order valence-corrected chi connectivity index (χ3v) is 4.78. The van der Waals surface area contributed by atoms with Gasteiger partial charge in [-0.3, -0.25) is 9.59 Å². The molecule has 0 N–H and O–H groups in total. The highest BCUT2D eigenvalue weighted by Gasteiger charge is 2.28. The zero-order valence-corrected chi connectivity index (χ0v) is 15.0. The molecule has 138 valence electrons. The van der Waals surface area contributed by atoms with Crippen molar-refractivity contribution in [2.75, 3.05) is 26.8 Å². The van der Waals surface area contributed by atoms with E-state index in [4.69, 9.17) is 9.47 Å². The summed E-state index contributed by atoms with van der Waals surface area (Å²) >= 11 is 0.936. The molecule has 0 aliphatic carbocycles. The maximum Gasteiger partial charge on any atom is 0.308 e. The zero-order chi connectivity index (χ0) is 18.5. The Morgan fingerprint density at radius 2 is 2.08 bits per heavy atom. The minimum atomic E-state index is -0.383. The number of amides is 1. The fourth-order valence-corrected chi connectivity index (χ4v) is 3.36. The van der Waals surface area contributed by atoms with Crippen molar-refractivity contribution >= 4 is 23.6 Å². The molecule has 2 aromatic rings. The van der Waals surface area contributed by atoms with Crippen LogP contribution in [-0.4, -0.2) is 52.3 Å². The zero-order valence-electron chi connectivity index (χ0n) is 14.2. The van der Waals surface area contributed by atoms with E-state index in [0.29, 0.717) is 37.2 Å². The number of carbonyl (C=O) groups is 2. The van der Waals surface area contributed by atoms with Crippen LogP contribution in [0.4, 0.5) is 4.39 Å². The number of hydrogen-bond donors (Lipinski definition) is 0. The molecule has 1 amide bonds. The lowest BCUT2D eigenvalue weighted by Crippen LogP contribution is -2.42. The van der Waals surface area contributed by atoms with Crippen LogP contribution in [0.25, 0.3) is 11.3 Å². The largest absolute Gasteiger partial charge is 0.469 e. The lowest BCUT2D eigenvalue weighted by Gasteiger charge is -2.30. The number of halogens is 1. The standard InChI is InChI=1S/C17H18FN3O4S/c1-24-17(23)11-5-7-21(8-6-11)14(22)10-25-16-15(19-26-20-16)12-3-2-4-13(18)9-12/h2-4,9,11H,5-8,10H2,1H3. The molecule has 1 fully saturated rings. The van der Waals surface area contributed by atoms with Crippen molar-refractivity contribution in [1.29, 1.82) is 0 Å². The molecule has 0 radical (unpaired) electrons. The molecule has 0 atom stereocenters. The van der Waals surface area contributed by atoms with Crippen LogP contribution in [0.3, 0.4) is 0 Å². The smallest absolute Gasteiger partial charge is 0.308 e. The number of benzene rings is 1. The third-order valence-electron chi connectivity index (χ3n) is 4.27. The van der Waals surface area contributed by atoms with Crippen molar-refractivity contribution in [2.45, 2.75) is 12.8 Å². The van der Waals surface area contributed by atoms with Crippen molar-refractivity contribution < 1.29 is 23.5 Å². The highest BCUT2D eigenvalue weighted by atomic mass is 32.1. The first-order chi connectivity index (χ1) is 12.6. The van der Waals surface area contributed by atoms with E-state index in [1.165, 1.54) is 19.2 Å². The molecule has 0 bridgehead atoms. The number of carbonyl (C=O) groups excluding carboxylic acids is 2. The summed E-state index contributed by atoms with van der Waals surface area (Å²) in [5.74, 6) is -0.759. The molecule has 2 heterocycles. The Balaban J connectivity index is 1.56. The van der Waals surface area contributed by atoms with Crippen molar-refractivity contribution in [3.05, 3.63) is 30.1 Å². The average Bonchev–Trinajstić information content (AvgIpc) is 3.14. The molecule has 0 unspecified atom stereocenters. The first kappa shape index (κ1) is 18.2. The number of likely N-dealkylation sites (tertiary alicyclic amines) is 1. The fourth-order valence-electron chi connectivity index (χ4n) is 2.84. The van der Waals surface area contributed by atoms with Gasteiger partial charge in [0.2, 0.25) is 0 Å². The van der Waals surface area contributed by atoms with E-state index in [-0.39, 0.29) is 36.1 Å². The highest BCUT2D eigenvalue weighted by molar-refractivity contribution is 6.99. The molecule has 0 saturated carbocycles. The Hall–Kier alpha value is -2.55. The summed E-state index contributed by atoms with van der Waals surface area (Å²) in [6.45, 7) is 0.776. The number of hydrogen-bond acceptors (Lipinski definition) is 7. The van der Waals surface area contributed by atoms with E-state index in [2.05, 4.69) is 8.75 Å². The van der Waals surface area contributed by atoms with Crippen LogP contribution in [0.5, 0.6) is 5.88 Å². The Labute approximate surface area is 154 Å². The van der Waals surface area contributed by atoms with Crippen LogP contribution in [-0.2, 0) is 14.3 Å². The van der Waals surface area contributed by atoms with Gasteiger partial charge in [0.05, 0.1) is 24.8 Å². The first-order valence-electron chi connectivity index (χ1n) is 8.15. The number of nitrogens with zero attached hydrogens (tertiary/aromatic N) is 3. The van der Waals surface area contributed by atoms with Crippen LogP contribution in [0.15, 0.2) is 24.3 Å². The highest BCUT2D eigenvalue weighted by Crippen LogP contribution is 2.28. The third kappa shape index (κ3) is 4.16. The summed E-state index contributed by atoms with van der Waals surface area (Å²) in [6.07, 6.45) is 1.15. The second-order valence-corrected chi connectivity index (χ2v) is 6.42. The van der Waals surface area contributed by atoms with Crippen LogP contribution < -0.4 is 4.74 Å². The van der Waals surface area contributed by atoms with E-state index in [1.54, 1.807) is 17.0 Å². The molecule has 26 heavy (non-hydrogen) atoms. The number of esters is 1. The number of rotatable bonds is 5. The van der Waals surface area contributed by atoms with Crippen molar-refractivity contribution in [3.8, 4) is 17.1 Å². The predicted octanol–water partition coefficient (Wildman–Crippen LogP) is 2.13. The van der Waals surface area contributed by atoms with Gasteiger partial charge in [-0.2, -0.15) is 4.37 Å². The van der Waals surface area contributed by atoms with E-state index < -0.39 is 0 Å². The van der Waals surface area contributed by atoms with E-state index in [1.807, 2.05) is 0 Å². The number of piperidine rings is 1. The lowest BCUT2D eigenvalue weighted by atomic mass is 9.97. The molecule has 0 spiro atoms. The SMILES string of the molecule is COC(=O)C1CCN(C(=O)COc2nsnc2-c2cccc(F)c2)CC1. The topological polar surface area (TPSA) is 81.6 Å². The summed E-state index contributed by atoms with van der Waals surface area (Å²) in [5.41, 5.74) is 0.951. The van der Waals surface area contributed by atoms with Gasteiger partial charge in [-0.25, -0.2) is 4.39 Å². The lowest BCUT2D eigenvalue weighted by molar-refractivity contribution is -0.149. The Kier molecular flexibility index (Phi) is 5.77. The summed E-state index contributed by atoms with van der Waals surface area (Å²) in [6, 6.07) is 5.95. The Morgan fingerprint density at radius 1 is 1.31 bits per heavy atom. The molecule has 1 saturated heterocycles. The van der Waals surface area contributed by atoms with Gasteiger partial charge in [0.25, 0.3) is 11.8 Å². The molecule has 1 aromatic carbocycles. The predicted molar refractivity (Wildman–Crippen MR) is 92.1 cm³/mol. The van der Waals surface area contributed by atoms with Gasteiger partial charge in [-0.05, 0) is 25.0 Å². The van der Waals surface area contributed by atoms with Gasteiger partial charge < -0.3 is 14.4 Å². The second kappa shape index (κ2) is 8.22. The molecule has 1 aliphatic heterocycles. The summed E-state index contributed by atoms with van der Waals surface area (Å²) in [7, 11) is 1.37. The van der Waals surface area contributed by atoms with Crippen LogP contribution in [0.1, 0.15) is 12.8 Å². The van der Waals surface area contributed by atoms with Crippen LogP contribution >= 0.6 is 11.7 Å². The van der Waals surface area contributed by atoms with Crippen LogP contribution in [0, 0.1) is 11.7 Å². The van der Waals surface area contributed by atoms with Gasteiger partial charge in [0.1, 0.15) is 11.5 Å². The fraction of sp³-hybridized carbons (Fsp3) is 0.412. The molecule has 1 aliphatic rings. The van der Waals surface area contributed by atoms with Gasteiger partial charge in [-0.15, -0.1) is 4.37 Å².